The molecule has 0 aliphatic carbocycles. The number of aromatic nitrogens is 2. The third kappa shape index (κ3) is 6.92. The number of pyridine rings is 2. The summed E-state index contributed by atoms with van der Waals surface area (Å²) in [4.78, 5) is 16.2. The van der Waals surface area contributed by atoms with Gasteiger partial charge in [0.15, 0.2) is 21.5 Å². The Morgan fingerprint density at radius 1 is 1.06 bits per heavy atom. The molecule has 3 heterocycles. The molecule has 36 heavy (non-hydrogen) atoms. The lowest BCUT2D eigenvalue weighted by atomic mass is 9.90. The molecule has 190 valence electrons. The van der Waals surface area contributed by atoms with E-state index in [1.807, 2.05) is 19.2 Å². The summed E-state index contributed by atoms with van der Waals surface area (Å²) in [6, 6.07) is 11.1. The zero-order valence-corrected chi connectivity index (χ0v) is 21.0. The first kappa shape index (κ1) is 25.8. The van der Waals surface area contributed by atoms with Gasteiger partial charge in [0.1, 0.15) is 5.71 Å². The number of nitrogens with zero attached hydrogens (tertiary/aromatic N) is 4. The summed E-state index contributed by atoms with van der Waals surface area (Å²) in [7, 11) is -3.44. The lowest BCUT2D eigenvalue weighted by Crippen LogP contribution is -2.32. The normalized spacial score (nSPS) is 15.7. The highest BCUT2D eigenvalue weighted by Crippen LogP contribution is 2.28. The molecule has 4 rings (SSSR count). The van der Waals surface area contributed by atoms with Crippen LogP contribution in [0.1, 0.15) is 46.8 Å². The number of hydrogen-bond acceptors (Lipinski definition) is 7. The molecule has 1 aliphatic heterocycles. The van der Waals surface area contributed by atoms with Gasteiger partial charge in [-0.05, 0) is 80.2 Å². The van der Waals surface area contributed by atoms with Crippen LogP contribution in [-0.4, -0.2) is 54.3 Å². The molecular formula is C26H28F2N4O3S. The summed E-state index contributed by atoms with van der Waals surface area (Å²) in [5, 5.41) is 3.88. The number of halogens is 2. The van der Waals surface area contributed by atoms with Crippen LogP contribution in [0.3, 0.4) is 0 Å². The summed E-state index contributed by atoms with van der Waals surface area (Å²) < 4.78 is 50.1. The van der Waals surface area contributed by atoms with E-state index in [0.29, 0.717) is 11.6 Å². The Kier molecular flexibility index (Phi) is 8.05. The maximum Gasteiger partial charge on any atom is 0.217 e. The van der Waals surface area contributed by atoms with Crippen molar-refractivity contribution < 1.29 is 22.0 Å². The minimum atomic E-state index is -3.44. The number of piperidine rings is 1. The molecule has 2 aromatic heterocycles. The summed E-state index contributed by atoms with van der Waals surface area (Å²) in [5.41, 5.74) is 3.98. The Hall–Kier alpha value is -3.24. The van der Waals surface area contributed by atoms with Crippen LogP contribution in [0.5, 0.6) is 0 Å². The zero-order valence-electron chi connectivity index (χ0n) is 20.2. The topological polar surface area (TPSA) is 84.8 Å². The van der Waals surface area contributed by atoms with Crippen LogP contribution in [0.4, 0.5) is 8.78 Å². The first-order chi connectivity index (χ1) is 17.2. The van der Waals surface area contributed by atoms with E-state index in [4.69, 9.17) is 4.84 Å². The van der Waals surface area contributed by atoms with Gasteiger partial charge < -0.3 is 4.84 Å². The molecule has 1 aromatic carbocycles. The summed E-state index contributed by atoms with van der Waals surface area (Å²) >= 11 is 0. The first-order valence-electron chi connectivity index (χ1n) is 11.6. The Balaban J connectivity index is 1.44. The van der Waals surface area contributed by atoms with E-state index in [1.165, 1.54) is 11.6 Å². The average molecular weight is 515 g/mol. The van der Waals surface area contributed by atoms with Crippen LogP contribution >= 0.6 is 0 Å². The van der Waals surface area contributed by atoms with E-state index in [2.05, 4.69) is 32.2 Å². The monoisotopic (exact) mass is 514 g/mol. The van der Waals surface area contributed by atoms with Crippen molar-refractivity contribution >= 4 is 15.5 Å². The van der Waals surface area contributed by atoms with Crippen molar-refractivity contribution in [1.82, 2.24) is 14.9 Å². The lowest BCUT2D eigenvalue weighted by molar-refractivity contribution is 0.190. The Morgan fingerprint density at radius 3 is 2.44 bits per heavy atom. The lowest BCUT2D eigenvalue weighted by Gasteiger charge is -2.32. The van der Waals surface area contributed by atoms with Gasteiger partial charge in [-0.3, -0.25) is 14.9 Å². The molecule has 10 heteroatoms. The molecule has 0 radical (unpaired) electrons. The number of sulfone groups is 1. The number of benzene rings is 1. The summed E-state index contributed by atoms with van der Waals surface area (Å²) in [6.07, 6.45) is 6.80. The van der Waals surface area contributed by atoms with E-state index in [0.717, 1.165) is 62.1 Å². The van der Waals surface area contributed by atoms with Crippen LogP contribution in [-0.2, 0) is 21.2 Å². The predicted molar refractivity (Wildman–Crippen MR) is 133 cm³/mol. The van der Waals surface area contributed by atoms with Crippen molar-refractivity contribution in [2.24, 2.45) is 5.16 Å². The van der Waals surface area contributed by atoms with Gasteiger partial charge in [-0.25, -0.2) is 17.2 Å². The molecule has 0 spiro atoms. The molecule has 0 unspecified atom stereocenters. The van der Waals surface area contributed by atoms with E-state index < -0.39 is 27.4 Å². The third-order valence-electron chi connectivity index (χ3n) is 6.08. The fourth-order valence-electron chi connectivity index (χ4n) is 4.14. The van der Waals surface area contributed by atoms with Crippen molar-refractivity contribution in [3.63, 3.8) is 0 Å². The molecule has 7 nitrogen and oxygen atoms in total. The van der Waals surface area contributed by atoms with Crippen molar-refractivity contribution in [1.29, 1.82) is 0 Å². The Morgan fingerprint density at radius 2 is 1.83 bits per heavy atom. The van der Waals surface area contributed by atoms with E-state index in [9.17, 15) is 17.2 Å². The van der Waals surface area contributed by atoms with Crippen molar-refractivity contribution in [3.05, 3.63) is 94.6 Å². The SMILES string of the molecule is Cc1ccc(C2CCN(Cc3ccc(C(=NOCS(C)(=O)=O)c4ccc(F)c(F)c4)nc3)CC2)cn1. The number of oxime groups is 1. The van der Waals surface area contributed by atoms with Crippen LogP contribution < -0.4 is 0 Å². The van der Waals surface area contributed by atoms with Gasteiger partial charge in [-0.1, -0.05) is 17.3 Å². The van der Waals surface area contributed by atoms with E-state index in [-0.39, 0.29) is 11.3 Å². The number of aryl methyl sites for hydroxylation is 1. The summed E-state index contributed by atoms with van der Waals surface area (Å²) in [6.45, 7) is 4.64. The zero-order chi connectivity index (χ0) is 25.7. The maximum absolute atomic E-state index is 13.8. The standard InChI is InChI=1S/C26H28F2N4O3S/c1-18-3-5-22(15-29-18)20-9-11-32(12-10-20)16-19-4-8-25(30-14-19)26(31-35-17-36(2,33)34)21-6-7-23(27)24(28)13-21/h3-8,13-15,20H,9-12,16-17H2,1-2H3. The summed E-state index contributed by atoms with van der Waals surface area (Å²) in [5.74, 6) is -2.19. The van der Waals surface area contributed by atoms with Gasteiger partial charge in [0.2, 0.25) is 5.94 Å². The van der Waals surface area contributed by atoms with Gasteiger partial charge in [0.05, 0.1) is 5.69 Å². The predicted octanol–water partition coefficient (Wildman–Crippen LogP) is 4.21. The molecule has 1 fully saturated rings. The van der Waals surface area contributed by atoms with Gasteiger partial charge >= 0.3 is 0 Å². The van der Waals surface area contributed by atoms with Crippen molar-refractivity contribution in [2.45, 2.75) is 32.2 Å². The smallest absolute Gasteiger partial charge is 0.217 e. The maximum atomic E-state index is 13.8. The molecule has 0 N–H and O–H groups in total. The van der Waals surface area contributed by atoms with Crippen molar-refractivity contribution in [2.75, 3.05) is 25.3 Å². The fraction of sp³-hybridized carbons (Fsp3) is 0.346. The van der Waals surface area contributed by atoms with Gasteiger partial charge in [-0.15, -0.1) is 0 Å². The molecule has 3 aromatic rings. The molecule has 0 bridgehead atoms. The van der Waals surface area contributed by atoms with E-state index >= 15 is 0 Å². The van der Waals surface area contributed by atoms with E-state index in [1.54, 1.807) is 12.3 Å². The van der Waals surface area contributed by atoms with Gasteiger partial charge in [-0.2, -0.15) is 0 Å². The quantitative estimate of drug-likeness (QED) is 0.331. The highest BCUT2D eigenvalue weighted by molar-refractivity contribution is 7.90. The molecule has 0 atom stereocenters. The molecule has 1 saturated heterocycles. The Bertz CT molecular complexity index is 1320. The second kappa shape index (κ2) is 11.2. The highest BCUT2D eigenvalue weighted by atomic mass is 32.2. The van der Waals surface area contributed by atoms with Crippen LogP contribution in [0.15, 0.2) is 60.0 Å². The molecule has 1 aliphatic rings. The highest BCUT2D eigenvalue weighted by Gasteiger charge is 2.21. The number of rotatable bonds is 8. The second-order valence-electron chi connectivity index (χ2n) is 9.08. The van der Waals surface area contributed by atoms with Crippen LogP contribution in [0, 0.1) is 18.6 Å². The van der Waals surface area contributed by atoms with Gasteiger partial charge in [0, 0.05) is 36.5 Å². The first-order valence-corrected chi connectivity index (χ1v) is 13.7. The second-order valence-corrected chi connectivity index (χ2v) is 11.2. The number of likely N-dealkylation sites (tertiary alicyclic amines) is 1. The molecule has 0 amide bonds. The average Bonchev–Trinajstić information content (AvgIpc) is 2.85. The van der Waals surface area contributed by atoms with Crippen LogP contribution in [0.2, 0.25) is 0 Å². The van der Waals surface area contributed by atoms with Gasteiger partial charge in [0.25, 0.3) is 0 Å². The van der Waals surface area contributed by atoms with Crippen LogP contribution in [0.25, 0.3) is 0 Å². The molecular weight excluding hydrogens is 486 g/mol. The minimum absolute atomic E-state index is 0.108. The largest absolute Gasteiger partial charge is 0.379 e. The minimum Gasteiger partial charge on any atom is -0.379 e. The number of hydrogen-bond donors (Lipinski definition) is 0. The third-order valence-corrected chi connectivity index (χ3v) is 6.62. The Labute approximate surface area is 209 Å². The fourth-order valence-corrected chi connectivity index (χ4v) is 4.38. The van der Waals surface area contributed by atoms with Crippen molar-refractivity contribution in [3.8, 4) is 0 Å². The molecule has 0 saturated carbocycles.